The van der Waals surface area contributed by atoms with Crippen LogP contribution in [0.15, 0.2) is 12.2 Å². The fourth-order valence-corrected chi connectivity index (χ4v) is 1.66. The molecule has 15 heavy (non-hydrogen) atoms. The molecule has 1 aliphatic rings. The van der Waals surface area contributed by atoms with Crippen LogP contribution in [-0.2, 0) is 4.74 Å². The van der Waals surface area contributed by atoms with E-state index < -0.39 is 0 Å². The zero-order valence-corrected chi connectivity index (χ0v) is 9.50. The number of rotatable bonds is 3. The maximum absolute atomic E-state index is 11.3. The van der Waals surface area contributed by atoms with Crippen LogP contribution in [0.4, 0.5) is 4.79 Å². The molecule has 0 aromatic carbocycles. The van der Waals surface area contributed by atoms with Crippen LogP contribution >= 0.6 is 0 Å². The highest BCUT2D eigenvalue weighted by Crippen LogP contribution is 2.15. The average Bonchev–Trinajstić information content (AvgIpc) is 2.19. The molecular formula is C12H21NO2. The predicted octanol–water partition coefficient (Wildman–Crippen LogP) is 3.01. The first-order valence-electron chi connectivity index (χ1n) is 5.92. The fourth-order valence-electron chi connectivity index (χ4n) is 1.66. The van der Waals surface area contributed by atoms with Gasteiger partial charge in [0, 0.05) is 6.54 Å². The van der Waals surface area contributed by atoms with Gasteiger partial charge in [-0.25, -0.2) is 4.79 Å². The second kappa shape index (κ2) is 7.32. The van der Waals surface area contributed by atoms with Crippen molar-refractivity contribution in [3.63, 3.8) is 0 Å². The number of hydrogen-bond acceptors (Lipinski definition) is 2. The highest BCUT2D eigenvalue weighted by Gasteiger charge is 2.13. The highest BCUT2D eigenvalue weighted by atomic mass is 16.6. The molecule has 1 N–H and O–H groups in total. The van der Waals surface area contributed by atoms with Crippen molar-refractivity contribution in [1.82, 2.24) is 5.32 Å². The molecule has 0 aliphatic heterocycles. The molecule has 0 bridgehead atoms. The largest absolute Gasteiger partial charge is 0.446 e. The Morgan fingerprint density at radius 2 is 2.20 bits per heavy atom. The van der Waals surface area contributed by atoms with E-state index in [1.807, 2.05) is 6.92 Å². The number of carbonyl (C=O) groups excluding carboxylic acids is 1. The number of alkyl carbamates (subject to hydrolysis) is 1. The first-order valence-corrected chi connectivity index (χ1v) is 5.92. The second-order valence-electron chi connectivity index (χ2n) is 3.93. The van der Waals surface area contributed by atoms with Gasteiger partial charge in [-0.2, -0.15) is 0 Å². The van der Waals surface area contributed by atoms with Gasteiger partial charge in [0.25, 0.3) is 0 Å². The van der Waals surface area contributed by atoms with Gasteiger partial charge in [0.2, 0.25) is 0 Å². The molecule has 0 aromatic rings. The summed E-state index contributed by atoms with van der Waals surface area (Å²) in [5.41, 5.74) is 0. The van der Waals surface area contributed by atoms with Crippen LogP contribution in [-0.4, -0.2) is 18.7 Å². The quantitative estimate of drug-likeness (QED) is 0.729. The lowest BCUT2D eigenvalue weighted by molar-refractivity contribution is 0.0865. The van der Waals surface area contributed by atoms with Crippen molar-refractivity contribution >= 4 is 6.09 Å². The summed E-state index contributed by atoms with van der Waals surface area (Å²) in [6.07, 6.45) is 10.4. The first-order chi connectivity index (χ1) is 7.33. The standard InChI is InChI=1S/C12H21NO2/c1-2-10-13-12(14)15-11-8-6-4-3-5-7-9-11/h3-4,11H,2,5-10H2,1H3,(H,13,14)/b4-3-. The van der Waals surface area contributed by atoms with Crippen molar-refractivity contribution in [1.29, 1.82) is 0 Å². The molecule has 0 radical (unpaired) electrons. The monoisotopic (exact) mass is 211 g/mol. The van der Waals surface area contributed by atoms with Crippen LogP contribution in [0.2, 0.25) is 0 Å². The molecule has 86 valence electrons. The van der Waals surface area contributed by atoms with Crippen molar-refractivity contribution in [3.8, 4) is 0 Å². The maximum atomic E-state index is 11.3. The van der Waals surface area contributed by atoms with E-state index in [2.05, 4.69) is 17.5 Å². The van der Waals surface area contributed by atoms with E-state index in [1.165, 1.54) is 0 Å². The maximum Gasteiger partial charge on any atom is 0.407 e. The number of allylic oxidation sites excluding steroid dienone is 2. The van der Waals surface area contributed by atoms with E-state index in [0.717, 1.165) is 38.5 Å². The summed E-state index contributed by atoms with van der Waals surface area (Å²) in [6, 6.07) is 0. The number of amides is 1. The van der Waals surface area contributed by atoms with Crippen molar-refractivity contribution in [2.24, 2.45) is 0 Å². The average molecular weight is 211 g/mol. The van der Waals surface area contributed by atoms with Gasteiger partial charge in [0.15, 0.2) is 0 Å². The van der Waals surface area contributed by atoms with Crippen molar-refractivity contribution < 1.29 is 9.53 Å². The Morgan fingerprint density at radius 1 is 1.40 bits per heavy atom. The topological polar surface area (TPSA) is 38.3 Å². The minimum atomic E-state index is -0.258. The van der Waals surface area contributed by atoms with Crippen molar-refractivity contribution in [3.05, 3.63) is 12.2 Å². The third-order valence-electron chi connectivity index (χ3n) is 2.51. The van der Waals surface area contributed by atoms with Gasteiger partial charge in [0.1, 0.15) is 6.10 Å². The number of ether oxygens (including phenoxy) is 1. The molecule has 0 fully saturated rings. The van der Waals surface area contributed by atoms with E-state index in [4.69, 9.17) is 4.74 Å². The Kier molecular flexibility index (Phi) is 5.90. The molecule has 3 heteroatoms. The van der Waals surface area contributed by atoms with Gasteiger partial charge < -0.3 is 10.1 Å². The molecule has 1 rings (SSSR count). The molecule has 0 spiro atoms. The number of hydrogen-bond donors (Lipinski definition) is 1. The van der Waals surface area contributed by atoms with Gasteiger partial charge in [-0.05, 0) is 38.5 Å². The molecule has 0 aromatic heterocycles. The smallest absolute Gasteiger partial charge is 0.407 e. The molecule has 3 nitrogen and oxygen atoms in total. The predicted molar refractivity (Wildman–Crippen MR) is 60.8 cm³/mol. The van der Waals surface area contributed by atoms with Crippen LogP contribution < -0.4 is 5.32 Å². The lowest BCUT2D eigenvalue weighted by Crippen LogP contribution is -2.29. The summed E-state index contributed by atoms with van der Waals surface area (Å²) in [4.78, 5) is 11.3. The summed E-state index contributed by atoms with van der Waals surface area (Å²) in [6.45, 7) is 2.73. The van der Waals surface area contributed by atoms with E-state index in [1.54, 1.807) is 0 Å². The Balaban J connectivity index is 2.23. The molecule has 1 unspecified atom stereocenters. The van der Waals surface area contributed by atoms with Gasteiger partial charge in [0.05, 0.1) is 0 Å². The minimum Gasteiger partial charge on any atom is -0.446 e. The van der Waals surface area contributed by atoms with Gasteiger partial charge >= 0.3 is 6.09 Å². The number of carbonyl (C=O) groups is 1. The van der Waals surface area contributed by atoms with Crippen LogP contribution in [0.25, 0.3) is 0 Å². The third kappa shape index (κ3) is 5.45. The summed E-state index contributed by atoms with van der Waals surface area (Å²) < 4.78 is 5.35. The second-order valence-corrected chi connectivity index (χ2v) is 3.93. The summed E-state index contributed by atoms with van der Waals surface area (Å²) in [5.74, 6) is 0. The molecule has 0 heterocycles. The van der Waals surface area contributed by atoms with E-state index in [0.29, 0.717) is 6.54 Å². The molecule has 1 amide bonds. The zero-order valence-electron chi connectivity index (χ0n) is 9.50. The van der Waals surface area contributed by atoms with Crippen LogP contribution in [0, 0.1) is 0 Å². The lowest BCUT2D eigenvalue weighted by Gasteiger charge is -2.18. The fraction of sp³-hybridized carbons (Fsp3) is 0.750. The summed E-state index contributed by atoms with van der Waals surface area (Å²) in [5, 5.41) is 2.74. The Bertz CT molecular complexity index is 214. The Morgan fingerprint density at radius 3 is 3.00 bits per heavy atom. The third-order valence-corrected chi connectivity index (χ3v) is 2.51. The van der Waals surface area contributed by atoms with Crippen LogP contribution in [0.3, 0.4) is 0 Å². The zero-order chi connectivity index (χ0) is 10.9. The molecule has 0 saturated carbocycles. The minimum absolute atomic E-state index is 0.104. The van der Waals surface area contributed by atoms with Crippen LogP contribution in [0.5, 0.6) is 0 Å². The van der Waals surface area contributed by atoms with E-state index >= 15 is 0 Å². The SMILES string of the molecule is CCCNC(=O)OC1CC/C=C\CCC1. The highest BCUT2D eigenvalue weighted by molar-refractivity contribution is 5.67. The van der Waals surface area contributed by atoms with E-state index in [-0.39, 0.29) is 12.2 Å². The van der Waals surface area contributed by atoms with Gasteiger partial charge in [-0.15, -0.1) is 0 Å². The van der Waals surface area contributed by atoms with Gasteiger partial charge in [-0.1, -0.05) is 19.1 Å². The first kappa shape index (κ1) is 12.1. The Labute approximate surface area is 91.9 Å². The Hall–Kier alpha value is -0.990. The van der Waals surface area contributed by atoms with Crippen LogP contribution in [0.1, 0.15) is 45.4 Å². The van der Waals surface area contributed by atoms with Crippen molar-refractivity contribution in [2.45, 2.75) is 51.6 Å². The normalized spacial score (nSPS) is 23.7. The lowest BCUT2D eigenvalue weighted by atomic mass is 10.0. The molecule has 1 atom stereocenters. The van der Waals surface area contributed by atoms with Crippen molar-refractivity contribution in [2.75, 3.05) is 6.54 Å². The number of nitrogens with one attached hydrogen (secondary N) is 1. The summed E-state index contributed by atoms with van der Waals surface area (Å²) >= 11 is 0. The molecular weight excluding hydrogens is 190 g/mol. The van der Waals surface area contributed by atoms with E-state index in [9.17, 15) is 4.79 Å². The molecule has 1 aliphatic carbocycles. The summed E-state index contributed by atoms with van der Waals surface area (Å²) in [7, 11) is 0. The molecule has 0 saturated heterocycles. The van der Waals surface area contributed by atoms with Gasteiger partial charge in [-0.3, -0.25) is 0 Å².